The average molecular weight is 277 g/mol. The molecule has 3 aromatic rings. The first kappa shape index (κ1) is 12.1. The van der Waals surface area contributed by atoms with Crippen molar-refractivity contribution < 1.29 is 13.5 Å². The van der Waals surface area contributed by atoms with E-state index in [0.717, 1.165) is 10.9 Å². The summed E-state index contributed by atoms with van der Waals surface area (Å²) in [4.78, 5) is 0. The van der Waals surface area contributed by atoms with Gasteiger partial charge in [0.15, 0.2) is 0 Å². The van der Waals surface area contributed by atoms with Gasteiger partial charge in [-0.2, -0.15) is 0 Å². The lowest BCUT2D eigenvalue weighted by molar-refractivity contribution is 0.304. The van der Waals surface area contributed by atoms with E-state index in [2.05, 4.69) is 0 Å². The SMILES string of the molecule is Fc1cccc(OCc2coc3cc(Cl)ccc23)c1. The van der Waals surface area contributed by atoms with Gasteiger partial charge >= 0.3 is 0 Å². The standard InChI is InChI=1S/C15H10ClFO2/c16-11-4-5-14-10(9-19-15(14)6-11)8-18-13-3-1-2-12(17)7-13/h1-7,9H,8H2. The van der Waals surface area contributed by atoms with Gasteiger partial charge in [0.1, 0.15) is 23.8 Å². The fraction of sp³-hybridized carbons (Fsp3) is 0.0667. The molecule has 1 aromatic heterocycles. The third-order valence-electron chi connectivity index (χ3n) is 2.81. The highest BCUT2D eigenvalue weighted by Gasteiger charge is 2.07. The molecule has 0 bridgehead atoms. The molecule has 0 atom stereocenters. The molecule has 0 N–H and O–H groups in total. The predicted octanol–water partition coefficient (Wildman–Crippen LogP) is 4.80. The van der Waals surface area contributed by atoms with Crippen molar-refractivity contribution >= 4 is 22.6 Å². The lowest BCUT2D eigenvalue weighted by Crippen LogP contribution is -1.94. The summed E-state index contributed by atoms with van der Waals surface area (Å²) in [5.74, 6) is 0.171. The van der Waals surface area contributed by atoms with Gasteiger partial charge in [0, 0.05) is 22.0 Å². The second-order valence-electron chi connectivity index (χ2n) is 4.15. The largest absolute Gasteiger partial charge is 0.489 e. The van der Waals surface area contributed by atoms with Crippen LogP contribution in [0.4, 0.5) is 4.39 Å². The molecule has 0 aliphatic heterocycles. The van der Waals surface area contributed by atoms with Gasteiger partial charge in [-0.15, -0.1) is 0 Å². The van der Waals surface area contributed by atoms with Crippen LogP contribution in [-0.2, 0) is 6.61 Å². The normalized spacial score (nSPS) is 10.8. The van der Waals surface area contributed by atoms with Gasteiger partial charge < -0.3 is 9.15 Å². The Morgan fingerprint density at radius 1 is 1.16 bits per heavy atom. The van der Waals surface area contributed by atoms with Crippen molar-refractivity contribution in [1.82, 2.24) is 0 Å². The van der Waals surface area contributed by atoms with E-state index in [0.29, 0.717) is 23.0 Å². The second-order valence-corrected chi connectivity index (χ2v) is 4.58. The van der Waals surface area contributed by atoms with Crippen molar-refractivity contribution in [2.75, 3.05) is 0 Å². The lowest BCUT2D eigenvalue weighted by atomic mass is 10.2. The monoisotopic (exact) mass is 276 g/mol. The van der Waals surface area contributed by atoms with Gasteiger partial charge in [-0.3, -0.25) is 0 Å². The number of hydrogen-bond donors (Lipinski definition) is 0. The molecule has 19 heavy (non-hydrogen) atoms. The first-order chi connectivity index (χ1) is 9.22. The minimum atomic E-state index is -0.318. The molecule has 2 nitrogen and oxygen atoms in total. The first-order valence-corrected chi connectivity index (χ1v) is 6.14. The summed E-state index contributed by atoms with van der Waals surface area (Å²) in [6.07, 6.45) is 1.63. The van der Waals surface area contributed by atoms with Crippen LogP contribution >= 0.6 is 11.6 Å². The number of ether oxygens (including phenoxy) is 1. The van der Waals surface area contributed by atoms with Crippen LogP contribution in [0.2, 0.25) is 5.02 Å². The van der Waals surface area contributed by atoms with E-state index in [1.165, 1.54) is 12.1 Å². The van der Waals surface area contributed by atoms with Crippen LogP contribution in [0, 0.1) is 5.82 Å². The number of furan rings is 1. The highest BCUT2D eigenvalue weighted by Crippen LogP contribution is 2.25. The number of rotatable bonds is 3. The van der Waals surface area contributed by atoms with E-state index in [-0.39, 0.29) is 5.82 Å². The molecular formula is C15H10ClFO2. The smallest absolute Gasteiger partial charge is 0.135 e. The third kappa shape index (κ3) is 2.56. The summed E-state index contributed by atoms with van der Waals surface area (Å²) >= 11 is 5.89. The molecule has 0 amide bonds. The predicted molar refractivity (Wildman–Crippen MR) is 72.0 cm³/mol. The van der Waals surface area contributed by atoms with E-state index in [1.807, 2.05) is 6.07 Å². The zero-order valence-electron chi connectivity index (χ0n) is 9.90. The van der Waals surface area contributed by atoms with Crippen molar-refractivity contribution in [2.24, 2.45) is 0 Å². The number of fused-ring (bicyclic) bond motifs is 1. The molecule has 2 aromatic carbocycles. The minimum absolute atomic E-state index is 0.318. The fourth-order valence-electron chi connectivity index (χ4n) is 1.89. The molecule has 0 aliphatic rings. The zero-order valence-corrected chi connectivity index (χ0v) is 10.7. The van der Waals surface area contributed by atoms with Crippen LogP contribution in [0.3, 0.4) is 0 Å². The Kier molecular flexibility index (Phi) is 3.13. The maximum atomic E-state index is 13.0. The number of halogens is 2. The molecule has 0 spiro atoms. The Labute approximate surface area is 114 Å². The molecule has 0 radical (unpaired) electrons. The molecule has 3 rings (SSSR count). The fourth-order valence-corrected chi connectivity index (χ4v) is 2.05. The van der Waals surface area contributed by atoms with Gasteiger partial charge in [-0.05, 0) is 30.3 Å². The van der Waals surface area contributed by atoms with Crippen molar-refractivity contribution in [2.45, 2.75) is 6.61 Å². The maximum absolute atomic E-state index is 13.0. The summed E-state index contributed by atoms with van der Waals surface area (Å²) < 4.78 is 24.0. The van der Waals surface area contributed by atoms with Gasteiger partial charge in [0.25, 0.3) is 0 Å². The first-order valence-electron chi connectivity index (χ1n) is 5.76. The molecule has 0 fully saturated rings. The van der Waals surface area contributed by atoms with Gasteiger partial charge in [-0.1, -0.05) is 17.7 Å². The van der Waals surface area contributed by atoms with Crippen molar-refractivity contribution in [1.29, 1.82) is 0 Å². The summed E-state index contributed by atoms with van der Waals surface area (Å²) in [5, 5.41) is 1.57. The third-order valence-corrected chi connectivity index (χ3v) is 3.04. The van der Waals surface area contributed by atoms with Gasteiger partial charge in [0.05, 0.1) is 6.26 Å². The summed E-state index contributed by atoms with van der Waals surface area (Å²) in [5.41, 5.74) is 1.61. The van der Waals surface area contributed by atoms with Crippen LogP contribution in [0.25, 0.3) is 11.0 Å². The minimum Gasteiger partial charge on any atom is -0.489 e. The van der Waals surface area contributed by atoms with Crippen molar-refractivity contribution in [3.05, 3.63) is 65.1 Å². The molecule has 0 aliphatic carbocycles. The Morgan fingerprint density at radius 2 is 2.05 bits per heavy atom. The highest BCUT2D eigenvalue weighted by atomic mass is 35.5. The maximum Gasteiger partial charge on any atom is 0.135 e. The van der Waals surface area contributed by atoms with Crippen LogP contribution < -0.4 is 4.74 Å². The van der Waals surface area contributed by atoms with E-state index >= 15 is 0 Å². The van der Waals surface area contributed by atoms with Crippen LogP contribution in [0.15, 0.2) is 53.1 Å². The van der Waals surface area contributed by atoms with E-state index in [1.54, 1.807) is 30.5 Å². The molecule has 4 heteroatoms. The Hall–Kier alpha value is -2.00. The van der Waals surface area contributed by atoms with Crippen LogP contribution in [-0.4, -0.2) is 0 Å². The molecule has 0 saturated heterocycles. The van der Waals surface area contributed by atoms with Crippen molar-refractivity contribution in [3.8, 4) is 5.75 Å². The van der Waals surface area contributed by atoms with Gasteiger partial charge in [-0.25, -0.2) is 4.39 Å². The van der Waals surface area contributed by atoms with Crippen LogP contribution in [0.5, 0.6) is 5.75 Å². The Bertz CT molecular complexity index is 721. The quantitative estimate of drug-likeness (QED) is 0.685. The van der Waals surface area contributed by atoms with E-state index < -0.39 is 0 Å². The molecule has 1 heterocycles. The second kappa shape index (κ2) is 4.94. The molecule has 96 valence electrons. The molecule has 0 unspecified atom stereocenters. The number of benzene rings is 2. The highest BCUT2D eigenvalue weighted by molar-refractivity contribution is 6.31. The topological polar surface area (TPSA) is 22.4 Å². The summed E-state index contributed by atoms with van der Waals surface area (Å²) in [6.45, 7) is 0.318. The molecule has 0 saturated carbocycles. The van der Waals surface area contributed by atoms with Gasteiger partial charge in [0.2, 0.25) is 0 Å². The molecular weight excluding hydrogens is 267 g/mol. The number of hydrogen-bond acceptors (Lipinski definition) is 2. The zero-order chi connectivity index (χ0) is 13.2. The van der Waals surface area contributed by atoms with E-state index in [4.69, 9.17) is 20.8 Å². The summed E-state index contributed by atoms with van der Waals surface area (Å²) in [6, 6.07) is 11.5. The van der Waals surface area contributed by atoms with Crippen molar-refractivity contribution in [3.63, 3.8) is 0 Å². The Balaban J connectivity index is 1.82. The Morgan fingerprint density at radius 3 is 2.89 bits per heavy atom. The van der Waals surface area contributed by atoms with E-state index in [9.17, 15) is 4.39 Å². The lowest BCUT2D eigenvalue weighted by Gasteiger charge is -2.04. The van der Waals surface area contributed by atoms with Crippen LogP contribution in [0.1, 0.15) is 5.56 Å². The average Bonchev–Trinajstić information content (AvgIpc) is 2.78. The summed E-state index contributed by atoms with van der Waals surface area (Å²) in [7, 11) is 0.